The molecule has 1 aliphatic carbocycles. The second-order valence-electron chi connectivity index (χ2n) is 6.69. The van der Waals surface area contributed by atoms with Gasteiger partial charge in [0.2, 0.25) is 0 Å². The van der Waals surface area contributed by atoms with Crippen molar-refractivity contribution in [1.29, 1.82) is 0 Å². The van der Waals surface area contributed by atoms with Gasteiger partial charge in [-0.25, -0.2) is 0 Å². The van der Waals surface area contributed by atoms with Crippen LogP contribution in [0.4, 0.5) is 0 Å². The van der Waals surface area contributed by atoms with Crippen molar-refractivity contribution in [3.05, 3.63) is 0 Å². The standard InChI is InChI=1S/C16H34N2O/c1-5-10-17-15-14(8-9-16(15,3)4)13-18(6-2)11-7-12-19/h14-15,17,19H,5-13H2,1-4H3. The smallest absolute Gasteiger partial charge is 0.0443 e. The summed E-state index contributed by atoms with van der Waals surface area (Å²) < 4.78 is 0. The third-order valence-corrected chi connectivity index (χ3v) is 4.66. The highest BCUT2D eigenvalue weighted by Gasteiger charge is 2.41. The SMILES string of the molecule is CCCNC1C(CN(CC)CCCO)CCC1(C)C. The first kappa shape index (κ1) is 16.9. The van der Waals surface area contributed by atoms with E-state index in [0.717, 1.165) is 32.0 Å². The molecule has 0 aliphatic heterocycles. The molecule has 0 aromatic carbocycles. The van der Waals surface area contributed by atoms with Gasteiger partial charge in [-0.3, -0.25) is 0 Å². The van der Waals surface area contributed by atoms with Gasteiger partial charge in [0.15, 0.2) is 0 Å². The van der Waals surface area contributed by atoms with Gasteiger partial charge in [0.05, 0.1) is 0 Å². The van der Waals surface area contributed by atoms with Gasteiger partial charge in [-0.1, -0.05) is 27.7 Å². The maximum Gasteiger partial charge on any atom is 0.0443 e. The fourth-order valence-corrected chi connectivity index (χ4v) is 3.46. The van der Waals surface area contributed by atoms with Crippen LogP contribution in [0.3, 0.4) is 0 Å². The number of aliphatic hydroxyl groups excluding tert-OH is 1. The van der Waals surface area contributed by atoms with E-state index in [1.54, 1.807) is 0 Å². The molecule has 19 heavy (non-hydrogen) atoms. The average molecular weight is 270 g/mol. The van der Waals surface area contributed by atoms with Gasteiger partial charge in [0, 0.05) is 25.7 Å². The van der Waals surface area contributed by atoms with E-state index in [9.17, 15) is 0 Å². The van der Waals surface area contributed by atoms with E-state index in [-0.39, 0.29) is 0 Å². The number of hydrogen-bond acceptors (Lipinski definition) is 3. The Morgan fingerprint density at radius 2 is 2.05 bits per heavy atom. The minimum absolute atomic E-state index is 0.310. The lowest BCUT2D eigenvalue weighted by Crippen LogP contribution is -2.46. The summed E-state index contributed by atoms with van der Waals surface area (Å²) in [6.45, 7) is 14.0. The molecule has 0 bridgehead atoms. The van der Waals surface area contributed by atoms with Gasteiger partial charge in [-0.15, -0.1) is 0 Å². The third-order valence-electron chi connectivity index (χ3n) is 4.66. The Morgan fingerprint density at radius 1 is 1.32 bits per heavy atom. The highest BCUT2D eigenvalue weighted by atomic mass is 16.3. The van der Waals surface area contributed by atoms with Crippen LogP contribution in [-0.4, -0.2) is 48.8 Å². The minimum atomic E-state index is 0.310. The van der Waals surface area contributed by atoms with Gasteiger partial charge in [0.25, 0.3) is 0 Å². The molecule has 2 N–H and O–H groups in total. The van der Waals surface area contributed by atoms with Crippen LogP contribution in [0.25, 0.3) is 0 Å². The molecule has 3 heteroatoms. The molecule has 114 valence electrons. The Bertz CT molecular complexity index is 243. The second kappa shape index (κ2) is 8.23. The largest absolute Gasteiger partial charge is 0.396 e. The van der Waals surface area contributed by atoms with E-state index >= 15 is 0 Å². The predicted molar refractivity (Wildman–Crippen MR) is 82.4 cm³/mol. The summed E-state index contributed by atoms with van der Waals surface area (Å²) in [5.74, 6) is 0.764. The van der Waals surface area contributed by atoms with Gasteiger partial charge < -0.3 is 15.3 Å². The van der Waals surface area contributed by atoms with Crippen LogP contribution in [0.15, 0.2) is 0 Å². The van der Waals surface area contributed by atoms with Crippen LogP contribution >= 0.6 is 0 Å². The van der Waals surface area contributed by atoms with Crippen molar-refractivity contribution >= 4 is 0 Å². The van der Waals surface area contributed by atoms with Crippen LogP contribution in [0.5, 0.6) is 0 Å². The third kappa shape index (κ3) is 5.05. The summed E-state index contributed by atoms with van der Waals surface area (Å²) in [6, 6.07) is 0.649. The predicted octanol–water partition coefficient (Wildman–Crippen LogP) is 2.50. The molecule has 0 amide bonds. The molecule has 3 nitrogen and oxygen atoms in total. The molecule has 2 unspecified atom stereocenters. The van der Waals surface area contributed by atoms with Crippen molar-refractivity contribution in [2.75, 3.05) is 32.8 Å². The summed E-state index contributed by atoms with van der Waals surface area (Å²) >= 11 is 0. The first-order valence-corrected chi connectivity index (χ1v) is 8.11. The van der Waals surface area contributed by atoms with Crippen LogP contribution < -0.4 is 5.32 Å². The van der Waals surface area contributed by atoms with E-state index in [4.69, 9.17) is 5.11 Å². The molecule has 0 heterocycles. The Balaban J connectivity index is 2.54. The van der Waals surface area contributed by atoms with Crippen molar-refractivity contribution in [3.8, 4) is 0 Å². The molecule has 2 atom stereocenters. The minimum Gasteiger partial charge on any atom is -0.396 e. The number of nitrogens with zero attached hydrogens (tertiary/aromatic N) is 1. The summed E-state index contributed by atoms with van der Waals surface area (Å²) in [4.78, 5) is 2.50. The summed E-state index contributed by atoms with van der Waals surface area (Å²) in [5, 5.41) is 12.8. The van der Waals surface area contributed by atoms with Crippen LogP contribution in [0.2, 0.25) is 0 Å². The zero-order valence-electron chi connectivity index (χ0n) is 13.4. The van der Waals surface area contributed by atoms with Crippen molar-refractivity contribution in [1.82, 2.24) is 10.2 Å². The lowest BCUT2D eigenvalue weighted by molar-refractivity contribution is 0.175. The molecular formula is C16H34N2O. The normalized spacial score (nSPS) is 26.2. The highest BCUT2D eigenvalue weighted by molar-refractivity contribution is 4.97. The molecule has 1 saturated carbocycles. The lowest BCUT2D eigenvalue weighted by Gasteiger charge is -2.34. The Morgan fingerprint density at radius 3 is 2.63 bits per heavy atom. The molecule has 1 fully saturated rings. The second-order valence-corrected chi connectivity index (χ2v) is 6.69. The number of aliphatic hydroxyl groups is 1. The number of nitrogens with one attached hydrogen (secondary N) is 1. The maximum absolute atomic E-state index is 8.98. The monoisotopic (exact) mass is 270 g/mol. The number of rotatable bonds is 9. The molecule has 0 radical (unpaired) electrons. The fourth-order valence-electron chi connectivity index (χ4n) is 3.46. The first-order chi connectivity index (χ1) is 9.05. The van der Waals surface area contributed by atoms with Gasteiger partial charge in [-0.2, -0.15) is 0 Å². The van der Waals surface area contributed by atoms with Gasteiger partial charge in [-0.05, 0) is 50.1 Å². The van der Waals surface area contributed by atoms with E-state index < -0.39 is 0 Å². The fraction of sp³-hybridized carbons (Fsp3) is 1.00. The molecule has 0 aromatic rings. The summed E-state index contributed by atoms with van der Waals surface area (Å²) in [6.07, 6.45) is 4.78. The Kier molecular flexibility index (Phi) is 7.33. The van der Waals surface area contributed by atoms with Gasteiger partial charge >= 0.3 is 0 Å². The zero-order valence-corrected chi connectivity index (χ0v) is 13.4. The van der Waals surface area contributed by atoms with Crippen LogP contribution in [-0.2, 0) is 0 Å². The lowest BCUT2D eigenvalue weighted by atomic mass is 9.84. The van der Waals surface area contributed by atoms with Crippen molar-refractivity contribution in [2.24, 2.45) is 11.3 Å². The molecular weight excluding hydrogens is 236 g/mol. The quantitative estimate of drug-likeness (QED) is 0.676. The summed E-state index contributed by atoms with van der Waals surface area (Å²) in [7, 11) is 0. The van der Waals surface area contributed by atoms with Crippen LogP contribution in [0, 0.1) is 11.3 Å². The van der Waals surface area contributed by atoms with Crippen molar-refractivity contribution < 1.29 is 5.11 Å². The maximum atomic E-state index is 8.98. The molecule has 0 spiro atoms. The Hall–Kier alpha value is -0.120. The average Bonchev–Trinajstić information content (AvgIpc) is 2.67. The molecule has 1 rings (SSSR count). The van der Waals surface area contributed by atoms with E-state index in [1.807, 2.05) is 0 Å². The zero-order chi connectivity index (χ0) is 14.3. The highest BCUT2D eigenvalue weighted by Crippen LogP contribution is 2.41. The summed E-state index contributed by atoms with van der Waals surface area (Å²) in [5.41, 5.74) is 0.427. The number of hydrogen-bond donors (Lipinski definition) is 2. The topological polar surface area (TPSA) is 35.5 Å². The Labute approximate surface area is 119 Å². The van der Waals surface area contributed by atoms with Gasteiger partial charge in [0.1, 0.15) is 0 Å². The molecule has 0 aromatic heterocycles. The first-order valence-electron chi connectivity index (χ1n) is 8.11. The van der Waals surface area contributed by atoms with Crippen molar-refractivity contribution in [2.45, 2.75) is 59.4 Å². The van der Waals surface area contributed by atoms with E-state index in [2.05, 4.69) is 37.9 Å². The molecule has 1 aliphatic rings. The van der Waals surface area contributed by atoms with Crippen molar-refractivity contribution in [3.63, 3.8) is 0 Å². The van der Waals surface area contributed by atoms with Crippen LogP contribution in [0.1, 0.15) is 53.4 Å². The van der Waals surface area contributed by atoms with E-state index in [0.29, 0.717) is 18.1 Å². The molecule has 0 saturated heterocycles. The van der Waals surface area contributed by atoms with E-state index in [1.165, 1.54) is 25.8 Å².